The van der Waals surface area contributed by atoms with Crippen molar-refractivity contribution < 1.29 is 9.53 Å². The number of hydrogen-bond donors (Lipinski definition) is 0. The average Bonchev–Trinajstić information content (AvgIpc) is 2.36. The Kier molecular flexibility index (Phi) is 6.02. The van der Waals surface area contributed by atoms with Crippen molar-refractivity contribution in [1.82, 2.24) is 0 Å². The number of rotatable bonds is 6. The van der Waals surface area contributed by atoms with Crippen molar-refractivity contribution in [3.63, 3.8) is 0 Å². The van der Waals surface area contributed by atoms with Gasteiger partial charge >= 0.3 is 5.97 Å². The van der Waals surface area contributed by atoms with E-state index >= 15 is 0 Å². The van der Waals surface area contributed by atoms with Gasteiger partial charge in [0, 0.05) is 6.08 Å². The zero-order chi connectivity index (χ0) is 14.3. The van der Waals surface area contributed by atoms with Gasteiger partial charge in [-0.1, -0.05) is 61.1 Å². The second-order valence-corrected chi connectivity index (χ2v) is 10.1. The van der Waals surface area contributed by atoms with Gasteiger partial charge in [-0.3, -0.25) is 0 Å². The topological polar surface area (TPSA) is 26.3 Å². The van der Waals surface area contributed by atoms with E-state index in [2.05, 4.69) is 44.3 Å². The number of hydrogen-bond acceptors (Lipinski definition) is 2. The van der Waals surface area contributed by atoms with Crippen LogP contribution in [0, 0.1) is 0 Å². The molecule has 0 fully saturated rings. The van der Waals surface area contributed by atoms with E-state index in [1.807, 2.05) is 13.0 Å². The van der Waals surface area contributed by atoms with Gasteiger partial charge in [0.25, 0.3) is 0 Å². The Labute approximate surface area is 117 Å². The average molecular weight is 276 g/mol. The van der Waals surface area contributed by atoms with E-state index in [9.17, 15) is 4.79 Å². The molecule has 0 aliphatic rings. The van der Waals surface area contributed by atoms with Gasteiger partial charge in [0.05, 0.1) is 14.7 Å². The number of carbonyl (C=O) groups is 1. The smallest absolute Gasteiger partial charge is 0.330 e. The Hall–Kier alpha value is -1.35. The molecule has 0 aliphatic heterocycles. The molecule has 0 N–H and O–H groups in total. The van der Waals surface area contributed by atoms with E-state index in [1.165, 1.54) is 10.8 Å². The highest BCUT2D eigenvalue weighted by molar-refractivity contribution is 6.83. The molecule has 0 saturated carbocycles. The molecule has 0 spiro atoms. The van der Waals surface area contributed by atoms with Crippen molar-refractivity contribution in [2.45, 2.75) is 39.4 Å². The van der Waals surface area contributed by atoms with Gasteiger partial charge in [0.1, 0.15) is 0 Å². The molecule has 0 aromatic heterocycles. The van der Waals surface area contributed by atoms with Gasteiger partial charge in [0.2, 0.25) is 0 Å². The molecule has 0 atom stereocenters. The van der Waals surface area contributed by atoms with Crippen LogP contribution in [0.25, 0.3) is 0 Å². The summed E-state index contributed by atoms with van der Waals surface area (Å²) in [6.45, 7) is 9.02. The summed E-state index contributed by atoms with van der Waals surface area (Å²) in [6, 6.07) is 11.6. The number of esters is 1. The number of carbonyl (C=O) groups excluding carboxylic acids is 1. The third-order valence-corrected chi connectivity index (χ3v) is 6.85. The molecule has 1 aromatic carbocycles. The Morgan fingerprint density at radius 2 is 1.84 bits per heavy atom. The predicted octanol–water partition coefficient (Wildman–Crippen LogP) is 3.92. The van der Waals surface area contributed by atoms with Gasteiger partial charge in [-0.25, -0.2) is 4.79 Å². The highest BCUT2D eigenvalue weighted by Crippen LogP contribution is 2.23. The summed E-state index contributed by atoms with van der Waals surface area (Å²) in [6.07, 6.45) is 2.64. The third kappa shape index (κ3) is 5.03. The Morgan fingerprint density at radius 3 is 2.37 bits per heavy atom. The molecule has 0 radical (unpaired) electrons. The summed E-state index contributed by atoms with van der Waals surface area (Å²) in [5, 5.41) is 1.27. The zero-order valence-corrected chi connectivity index (χ0v) is 13.4. The molecule has 19 heavy (non-hydrogen) atoms. The van der Waals surface area contributed by atoms with Crippen molar-refractivity contribution >= 4 is 14.0 Å². The van der Waals surface area contributed by atoms with Crippen LogP contribution >= 0.6 is 0 Å². The third-order valence-electron chi connectivity index (χ3n) is 3.32. The van der Waals surface area contributed by atoms with Crippen LogP contribution in [0.2, 0.25) is 13.1 Å². The number of ether oxygens (including phenoxy) is 1. The molecule has 0 amide bonds. The molecule has 0 saturated heterocycles. The maximum atomic E-state index is 11.6. The SMILES string of the molecule is CCOC(=O)/C=C(/CC)[Si](C)(C)Cc1ccccc1. The molecule has 3 heteroatoms. The van der Waals surface area contributed by atoms with Gasteiger partial charge in [-0.2, -0.15) is 0 Å². The normalized spacial score (nSPS) is 12.3. The van der Waals surface area contributed by atoms with Gasteiger partial charge in [-0.05, 0) is 19.4 Å². The fourth-order valence-electron chi connectivity index (χ4n) is 2.32. The number of benzene rings is 1. The van der Waals surface area contributed by atoms with Gasteiger partial charge in [-0.15, -0.1) is 0 Å². The summed E-state index contributed by atoms with van der Waals surface area (Å²) in [5.74, 6) is -0.201. The van der Waals surface area contributed by atoms with Crippen LogP contribution in [-0.4, -0.2) is 20.7 Å². The van der Waals surface area contributed by atoms with E-state index in [0.717, 1.165) is 12.5 Å². The van der Waals surface area contributed by atoms with E-state index in [-0.39, 0.29) is 5.97 Å². The highest BCUT2D eigenvalue weighted by atomic mass is 28.3. The quantitative estimate of drug-likeness (QED) is 0.447. The minimum absolute atomic E-state index is 0.201. The van der Waals surface area contributed by atoms with Crippen LogP contribution in [0.15, 0.2) is 41.6 Å². The van der Waals surface area contributed by atoms with Crippen molar-refractivity contribution in [3.05, 3.63) is 47.2 Å². The van der Waals surface area contributed by atoms with Crippen LogP contribution in [0.5, 0.6) is 0 Å². The standard InChI is InChI=1S/C16H24O2Si/c1-5-15(12-16(17)18-6-2)19(3,4)13-14-10-8-7-9-11-14/h7-12H,5-6,13H2,1-4H3/b15-12-. The maximum absolute atomic E-state index is 11.6. The molecule has 1 aromatic rings. The Balaban J connectivity index is 2.86. The van der Waals surface area contributed by atoms with Crippen molar-refractivity contribution in [2.75, 3.05) is 6.61 Å². The molecular formula is C16H24O2Si. The zero-order valence-electron chi connectivity index (χ0n) is 12.4. The van der Waals surface area contributed by atoms with Crippen LogP contribution in [0.4, 0.5) is 0 Å². The molecule has 0 aliphatic carbocycles. The lowest BCUT2D eigenvalue weighted by molar-refractivity contribution is -0.137. The van der Waals surface area contributed by atoms with E-state index in [0.29, 0.717) is 6.61 Å². The minimum Gasteiger partial charge on any atom is -0.463 e. The summed E-state index contributed by atoms with van der Waals surface area (Å²) < 4.78 is 5.03. The molecule has 1 rings (SSSR count). The first kappa shape index (κ1) is 15.7. The Bertz CT molecular complexity index is 435. The molecule has 2 nitrogen and oxygen atoms in total. The predicted molar refractivity (Wildman–Crippen MR) is 82.6 cm³/mol. The Morgan fingerprint density at radius 1 is 1.21 bits per heavy atom. The van der Waals surface area contributed by atoms with E-state index < -0.39 is 8.07 Å². The lowest BCUT2D eigenvalue weighted by Gasteiger charge is -2.25. The monoisotopic (exact) mass is 276 g/mol. The lowest BCUT2D eigenvalue weighted by Crippen LogP contribution is -2.33. The first-order valence-electron chi connectivity index (χ1n) is 6.91. The molecule has 104 valence electrons. The second-order valence-electron chi connectivity index (χ2n) is 5.32. The van der Waals surface area contributed by atoms with Crippen molar-refractivity contribution in [2.24, 2.45) is 0 Å². The van der Waals surface area contributed by atoms with E-state index in [1.54, 1.807) is 6.08 Å². The largest absolute Gasteiger partial charge is 0.463 e. The van der Waals surface area contributed by atoms with E-state index in [4.69, 9.17) is 4.74 Å². The summed E-state index contributed by atoms with van der Waals surface area (Å²) in [5.41, 5.74) is 1.35. The second kappa shape index (κ2) is 7.29. The lowest BCUT2D eigenvalue weighted by atomic mass is 10.2. The van der Waals surface area contributed by atoms with Crippen LogP contribution in [0.1, 0.15) is 25.8 Å². The molecule has 0 bridgehead atoms. The first-order valence-corrected chi connectivity index (χ1v) is 10.1. The van der Waals surface area contributed by atoms with Crippen LogP contribution in [0.3, 0.4) is 0 Å². The first-order chi connectivity index (χ1) is 8.99. The summed E-state index contributed by atoms with van der Waals surface area (Å²) in [4.78, 5) is 11.6. The van der Waals surface area contributed by atoms with Gasteiger partial charge in [0.15, 0.2) is 0 Å². The molecule has 0 heterocycles. The van der Waals surface area contributed by atoms with Crippen molar-refractivity contribution in [3.8, 4) is 0 Å². The highest BCUT2D eigenvalue weighted by Gasteiger charge is 2.26. The maximum Gasteiger partial charge on any atom is 0.330 e. The minimum atomic E-state index is -1.61. The fourth-order valence-corrected chi connectivity index (χ4v) is 5.27. The molecule has 0 unspecified atom stereocenters. The molecular weight excluding hydrogens is 252 g/mol. The van der Waals surface area contributed by atoms with Crippen molar-refractivity contribution in [1.29, 1.82) is 0 Å². The summed E-state index contributed by atoms with van der Waals surface area (Å²) in [7, 11) is -1.61. The van der Waals surface area contributed by atoms with Gasteiger partial charge < -0.3 is 4.74 Å². The van der Waals surface area contributed by atoms with Crippen LogP contribution in [-0.2, 0) is 15.6 Å². The summed E-state index contributed by atoms with van der Waals surface area (Å²) >= 11 is 0. The van der Waals surface area contributed by atoms with Crippen LogP contribution < -0.4 is 0 Å². The fraction of sp³-hybridized carbons (Fsp3) is 0.438. The number of allylic oxidation sites excluding steroid dienone is 1.